The number of carbonyl (C=O) groups excluding carboxylic acids is 1. The van der Waals surface area contributed by atoms with Crippen molar-refractivity contribution in [3.05, 3.63) is 57.3 Å². The summed E-state index contributed by atoms with van der Waals surface area (Å²) in [6.07, 6.45) is 3.40. The van der Waals surface area contributed by atoms with E-state index in [9.17, 15) is 9.59 Å². The van der Waals surface area contributed by atoms with Crippen LogP contribution in [0.1, 0.15) is 35.5 Å². The van der Waals surface area contributed by atoms with E-state index in [2.05, 4.69) is 10.4 Å². The summed E-state index contributed by atoms with van der Waals surface area (Å²) >= 11 is 0. The molecule has 0 saturated heterocycles. The molecule has 0 atom stereocenters. The van der Waals surface area contributed by atoms with Crippen LogP contribution in [-0.4, -0.2) is 38.5 Å². The Kier molecular flexibility index (Phi) is 5.16. The number of nitrogens with zero attached hydrogens (tertiary/aromatic N) is 4. The number of hydrogen-bond donors (Lipinski definition) is 1. The van der Waals surface area contributed by atoms with Crippen molar-refractivity contribution in [2.24, 2.45) is 0 Å². The summed E-state index contributed by atoms with van der Waals surface area (Å²) in [7, 11) is 0. The van der Waals surface area contributed by atoms with E-state index in [1.54, 1.807) is 22.9 Å². The number of amides is 1. The van der Waals surface area contributed by atoms with Gasteiger partial charge in [0.15, 0.2) is 11.5 Å². The van der Waals surface area contributed by atoms with Crippen LogP contribution in [0.25, 0.3) is 5.95 Å². The zero-order chi connectivity index (χ0) is 22.2. The van der Waals surface area contributed by atoms with E-state index in [4.69, 9.17) is 14.5 Å². The van der Waals surface area contributed by atoms with Crippen LogP contribution in [0.15, 0.2) is 29.1 Å². The van der Waals surface area contributed by atoms with Gasteiger partial charge in [-0.15, -0.1) is 0 Å². The number of hydrogen-bond acceptors (Lipinski definition) is 6. The van der Waals surface area contributed by atoms with E-state index in [0.29, 0.717) is 48.3 Å². The van der Waals surface area contributed by atoms with Crippen molar-refractivity contribution in [2.75, 3.05) is 18.5 Å². The van der Waals surface area contributed by atoms with Gasteiger partial charge in [0.25, 0.3) is 5.56 Å². The van der Waals surface area contributed by atoms with E-state index in [1.807, 2.05) is 19.9 Å². The Labute approximate surface area is 185 Å². The summed E-state index contributed by atoms with van der Waals surface area (Å²) < 4.78 is 14.2. The lowest BCUT2D eigenvalue weighted by Crippen LogP contribution is -2.36. The summed E-state index contributed by atoms with van der Waals surface area (Å²) in [6, 6.07) is 7.16. The summed E-state index contributed by atoms with van der Waals surface area (Å²) in [4.78, 5) is 31.1. The molecule has 0 radical (unpaired) electrons. The Morgan fingerprint density at radius 2 is 1.88 bits per heavy atom. The fourth-order valence-corrected chi connectivity index (χ4v) is 4.28. The Morgan fingerprint density at radius 3 is 2.66 bits per heavy atom. The molecular weight excluding hydrogens is 410 g/mol. The largest absolute Gasteiger partial charge is 0.486 e. The second kappa shape index (κ2) is 8.14. The number of benzene rings is 1. The van der Waals surface area contributed by atoms with Gasteiger partial charge in [0, 0.05) is 23.0 Å². The average molecular weight is 435 g/mol. The van der Waals surface area contributed by atoms with Crippen LogP contribution in [0.2, 0.25) is 0 Å². The van der Waals surface area contributed by atoms with Crippen molar-refractivity contribution in [1.29, 1.82) is 0 Å². The van der Waals surface area contributed by atoms with Crippen LogP contribution in [0.5, 0.6) is 11.5 Å². The highest BCUT2D eigenvalue weighted by atomic mass is 16.6. The molecule has 1 aromatic carbocycles. The van der Waals surface area contributed by atoms with Crippen LogP contribution in [0.4, 0.5) is 5.69 Å². The molecule has 2 aromatic heterocycles. The zero-order valence-corrected chi connectivity index (χ0v) is 18.2. The zero-order valence-electron chi connectivity index (χ0n) is 18.2. The first-order chi connectivity index (χ1) is 15.5. The van der Waals surface area contributed by atoms with Gasteiger partial charge >= 0.3 is 0 Å². The van der Waals surface area contributed by atoms with Crippen molar-refractivity contribution in [2.45, 2.75) is 46.1 Å². The normalized spacial score (nSPS) is 14.7. The standard InChI is InChI=1S/C23H25N5O4/c1-14-11-15(2)28(26-14)23-25-18-6-4-3-5-17(18)22(30)27(23)13-21(29)24-16-7-8-19-20(12-16)32-10-9-31-19/h7-8,11-12H,3-6,9-10,13H2,1-2H3,(H,24,29). The lowest BCUT2D eigenvalue weighted by Gasteiger charge is -2.20. The number of anilines is 1. The maximum absolute atomic E-state index is 13.4. The molecule has 1 aliphatic heterocycles. The van der Waals surface area contributed by atoms with Crippen molar-refractivity contribution in [3.8, 4) is 17.4 Å². The van der Waals surface area contributed by atoms with Crippen LogP contribution < -0.4 is 20.3 Å². The molecule has 1 N–H and O–H groups in total. The molecule has 1 amide bonds. The van der Waals surface area contributed by atoms with Gasteiger partial charge in [-0.25, -0.2) is 9.67 Å². The van der Waals surface area contributed by atoms with E-state index < -0.39 is 0 Å². The SMILES string of the molecule is Cc1cc(C)n(-c2nc3c(c(=O)n2CC(=O)Nc2ccc4c(c2)OCCO4)CCCC3)n1. The van der Waals surface area contributed by atoms with Crippen molar-refractivity contribution >= 4 is 11.6 Å². The lowest BCUT2D eigenvalue weighted by atomic mass is 9.97. The van der Waals surface area contributed by atoms with E-state index in [-0.39, 0.29) is 18.0 Å². The van der Waals surface area contributed by atoms with Gasteiger partial charge in [-0.2, -0.15) is 5.10 Å². The highest BCUT2D eigenvalue weighted by Gasteiger charge is 2.23. The van der Waals surface area contributed by atoms with Crippen LogP contribution >= 0.6 is 0 Å². The van der Waals surface area contributed by atoms with Gasteiger partial charge in [-0.3, -0.25) is 14.2 Å². The topological polar surface area (TPSA) is 100 Å². The number of ether oxygens (including phenoxy) is 2. The van der Waals surface area contributed by atoms with Crippen LogP contribution in [0.3, 0.4) is 0 Å². The molecule has 166 valence electrons. The molecule has 3 heterocycles. The van der Waals surface area contributed by atoms with Gasteiger partial charge in [-0.1, -0.05) is 0 Å². The van der Waals surface area contributed by atoms with Crippen LogP contribution in [0, 0.1) is 13.8 Å². The molecule has 0 bridgehead atoms. The minimum atomic E-state index is -0.330. The van der Waals surface area contributed by atoms with Crippen molar-refractivity contribution < 1.29 is 14.3 Å². The highest BCUT2D eigenvalue weighted by Crippen LogP contribution is 2.32. The number of rotatable bonds is 4. The van der Waals surface area contributed by atoms with Gasteiger partial charge in [0.05, 0.1) is 11.4 Å². The maximum atomic E-state index is 13.4. The van der Waals surface area contributed by atoms with Crippen LogP contribution in [-0.2, 0) is 24.2 Å². The quantitative estimate of drug-likeness (QED) is 0.675. The smallest absolute Gasteiger partial charge is 0.258 e. The second-order valence-electron chi connectivity index (χ2n) is 8.18. The first-order valence-electron chi connectivity index (χ1n) is 10.9. The molecule has 9 heteroatoms. The first-order valence-corrected chi connectivity index (χ1v) is 10.9. The van der Waals surface area contributed by atoms with Crippen molar-refractivity contribution in [3.63, 3.8) is 0 Å². The summed E-state index contributed by atoms with van der Waals surface area (Å²) in [5.41, 5.74) is 3.59. The maximum Gasteiger partial charge on any atom is 0.258 e. The molecule has 0 spiro atoms. The summed E-state index contributed by atoms with van der Waals surface area (Å²) in [5, 5.41) is 7.36. The Hall–Kier alpha value is -3.62. The molecule has 0 fully saturated rings. The fourth-order valence-electron chi connectivity index (χ4n) is 4.28. The molecule has 5 rings (SSSR count). The van der Waals surface area contributed by atoms with E-state index in [1.165, 1.54) is 4.57 Å². The summed E-state index contributed by atoms with van der Waals surface area (Å²) in [6.45, 7) is 4.60. The Morgan fingerprint density at radius 1 is 1.09 bits per heavy atom. The fraction of sp³-hybridized carbons (Fsp3) is 0.391. The third kappa shape index (κ3) is 3.74. The number of aromatic nitrogens is 4. The third-order valence-electron chi connectivity index (χ3n) is 5.75. The Balaban J connectivity index is 1.49. The minimum Gasteiger partial charge on any atom is -0.486 e. The predicted molar refractivity (Wildman–Crippen MR) is 118 cm³/mol. The summed E-state index contributed by atoms with van der Waals surface area (Å²) in [5.74, 6) is 1.28. The van der Waals surface area contributed by atoms with E-state index in [0.717, 1.165) is 36.3 Å². The number of carbonyl (C=O) groups is 1. The van der Waals surface area contributed by atoms with Gasteiger partial charge < -0.3 is 14.8 Å². The molecule has 3 aromatic rings. The lowest BCUT2D eigenvalue weighted by molar-refractivity contribution is -0.116. The highest BCUT2D eigenvalue weighted by molar-refractivity contribution is 5.91. The second-order valence-corrected chi connectivity index (χ2v) is 8.18. The molecule has 9 nitrogen and oxygen atoms in total. The third-order valence-corrected chi connectivity index (χ3v) is 5.75. The monoisotopic (exact) mass is 435 g/mol. The van der Waals surface area contributed by atoms with Crippen molar-refractivity contribution in [1.82, 2.24) is 19.3 Å². The predicted octanol–water partition coefficient (Wildman–Crippen LogP) is 2.33. The molecular formula is C23H25N5O4. The molecule has 0 saturated carbocycles. The molecule has 32 heavy (non-hydrogen) atoms. The number of aryl methyl sites for hydroxylation is 3. The Bertz CT molecular complexity index is 1260. The van der Waals surface area contributed by atoms with E-state index >= 15 is 0 Å². The first kappa shape index (κ1) is 20.3. The molecule has 0 unspecified atom stereocenters. The number of fused-ring (bicyclic) bond motifs is 2. The molecule has 2 aliphatic rings. The van der Waals surface area contributed by atoms with Gasteiger partial charge in [0.2, 0.25) is 11.9 Å². The van der Waals surface area contributed by atoms with Gasteiger partial charge in [0.1, 0.15) is 19.8 Å². The minimum absolute atomic E-state index is 0.165. The molecule has 1 aliphatic carbocycles. The van der Waals surface area contributed by atoms with Gasteiger partial charge in [-0.05, 0) is 57.7 Å². The average Bonchev–Trinajstić information content (AvgIpc) is 3.13. The number of nitrogens with one attached hydrogen (secondary N) is 1.